The van der Waals surface area contributed by atoms with Gasteiger partial charge in [0, 0.05) is 12.4 Å². The Hall–Kier alpha value is -1.80. The number of nitrogens with zero attached hydrogens (tertiary/aromatic N) is 1. The van der Waals surface area contributed by atoms with Crippen molar-refractivity contribution in [2.45, 2.75) is 4.90 Å². The normalized spacial score (nSPS) is 11.1. The number of hydrogen-bond donors (Lipinski definition) is 2. The van der Waals surface area contributed by atoms with Gasteiger partial charge in [-0.25, -0.2) is 8.42 Å². The number of sulfonamides is 1. The summed E-state index contributed by atoms with van der Waals surface area (Å²) in [5.74, 6) is 0.605. The summed E-state index contributed by atoms with van der Waals surface area (Å²) in [5.41, 5.74) is 6.18. The van der Waals surface area contributed by atoms with E-state index in [2.05, 4.69) is 25.6 Å². The first-order valence-corrected chi connectivity index (χ1v) is 7.77. The molecule has 6 nitrogen and oxygen atoms in total. The topological polar surface area (TPSA) is 94.3 Å². The molecule has 20 heavy (non-hydrogen) atoms. The van der Waals surface area contributed by atoms with Crippen LogP contribution in [0.15, 0.2) is 46.0 Å². The highest BCUT2D eigenvalue weighted by molar-refractivity contribution is 9.10. The van der Waals surface area contributed by atoms with Gasteiger partial charge in [0.1, 0.15) is 10.6 Å². The van der Waals surface area contributed by atoms with E-state index >= 15 is 0 Å². The number of pyridine rings is 1. The van der Waals surface area contributed by atoms with Gasteiger partial charge in [-0.15, -0.1) is 0 Å². The number of hydrogen-bond acceptors (Lipinski definition) is 5. The van der Waals surface area contributed by atoms with Crippen molar-refractivity contribution < 1.29 is 13.2 Å². The van der Waals surface area contributed by atoms with Crippen LogP contribution >= 0.6 is 15.9 Å². The van der Waals surface area contributed by atoms with Gasteiger partial charge in [-0.3, -0.25) is 9.71 Å². The molecule has 106 valence electrons. The summed E-state index contributed by atoms with van der Waals surface area (Å²) in [6.45, 7) is 0. The fourth-order valence-corrected chi connectivity index (χ4v) is 3.22. The molecule has 0 fully saturated rings. The van der Waals surface area contributed by atoms with E-state index in [1.165, 1.54) is 25.6 Å². The largest absolute Gasteiger partial charge is 0.496 e. The molecule has 8 heteroatoms. The first-order valence-electron chi connectivity index (χ1n) is 5.50. The fraction of sp³-hybridized carbons (Fsp3) is 0.0833. The number of methoxy groups -OCH3 is 1. The van der Waals surface area contributed by atoms with E-state index in [1.807, 2.05) is 0 Å². The molecule has 1 aromatic carbocycles. The highest BCUT2D eigenvalue weighted by Gasteiger charge is 2.18. The Labute approximate surface area is 125 Å². The smallest absolute Gasteiger partial charge is 0.265 e. The van der Waals surface area contributed by atoms with Gasteiger partial charge >= 0.3 is 0 Å². The lowest BCUT2D eigenvalue weighted by molar-refractivity contribution is 0.412. The molecule has 0 spiro atoms. The molecular weight excluding hydrogens is 346 g/mol. The highest BCUT2D eigenvalue weighted by Crippen LogP contribution is 2.29. The van der Waals surface area contributed by atoms with Gasteiger partial charge in [0.25, 0.3) is 10.0 Å². The molecule has 0 aliphatic rings. The number of anilines is 2. The van der Waals surface area contributed by atoms with Crippen molar-refractivity contribution in [2.75, 3.05) is 17.6 Å². The minimum Gasteiger partial charge on any atom is -0.496 e. The molecule has 0 saturated carbocycles. The van der Waals surface area contributed by atoms with Crippen molar-refractivity contribution in [1.29, 1.82) is 0 Å². The lowest BCUT2D eigenvalue weighted by atomic mass is 10.3. The quantitative estimate of drug-likeness (QED) is 0.874. The second kappa shape index (κ2) is 5.68. The van der Waals surface area contributed by atoms with E-state index < -0.39 is 10.0 Å². The molecule has 2 rings (SSSR count). The summed E-state index contributed by atoms with van der Waals surface area (Å²) in [5, 5.41) is 0. The summed E-state index contributed by atoms with van der Waals surface area (Å²) in [4.78, 5) is 3.71. The third kappa shape index (κ3) is 3.02. The fourth-order valence-electron chi connectivity index (χ4n) is 1.56. The molecule has 0 aliphatic heterocycles. The molecule has 0 saturated heterocycles. The highest BCUT2D eigenvalue weighted by atomic mass is 79.9. The van der Waals surface area contributed by atoms with E-state index in [-0.39, 0.29) is 10.6 Å². The van der Waals surface area contributed by atoms with Crippen LogP contribution < -0.4 is 15.2 Å². The number of benzene rings is 1. The van der Waals surface area contributed by atoms with Crippen LogP contribution in [0, 0.1) is 0 Å². The first-order chi connectivity index (χ1) is 9.44. The Morgan fingerprint density at radius 3 is 2.70 bits per heavy atom. The predicted octanol–water partition coefficient (Wildman–Crippen LogP) is 2.24. The maximum Gasteiger partial charge on any atom is 0.265 e. The molecule has 1 aromatic heterocycles. The van der Waals surface area contributed by atoms with E-state index in [0.29, 0.717) is 15.9 Å². The molecule has 2 aromatic rings. The van der Waals surface area contributed by atoms with Gasteiger partial charge in [0.2, 0.25) is 0 Å². The average molecular weight is 358 g/mol. The molecule has 0 bridgehead atoms. The Morgan fingerprint density at radius 2 is 2.10 bits per heavy atom. The zero-order valence-electron chi connectivity index (χ0n) is 10.5. The molecule has 0 radical (unpaired) electrons. The maximum atomic E-state index is 12.2. The van der Waals surface area contributed by atoms with Crippen molar-refractivity contribution in [3.63, 3.8) is 0 Å². The lowest BCUT2D eigenvalue weighted by Crippen LogP contribution is -2.15. The van der Waals surface area contributed by atoms with Crippen LogP contribution in [0.4, 0.5) is 11.4 Å². The Kier molecular flexibility index (Phi) is 4.15. The van der Waals surface area contributed by atoms with Crippen molar-refractivity contribution in [1.82, 2.24) is 4.98 Å². The monoisotopic (exact) mass is 357 g/mol. The molecule has 3 N–H and O–H groups in total. The van der Waals surface area contributed by atoms with E-state index in [1.54, 1.807) is 18.2 Å². The van der Waals surface area contributed by atoms with Crippen molar-refractivity contribution in [2.24, 2.45) is 0 Å². The molecule has 0 aliphatic carbocycles. The van der Waals surface area contributed by atoms with Gasteiger partial charge in [-0.1, -0.05) is 0 Å². The van der Waals surface area contributed by atoms with Crippen molar-refractivity contribution >= 4 is 37.3 Å². The predicted molar refractivity (Wildman–Crippen MR) is 80.2 cm³/mol. The van der Waals surface area contributed by atoms with Crippen LogP contribution in [0.3, 0.4) is 0 Å². The first kappa shape index (κ1) is 14.6. The third-order valence-electron chi connectivity index (χ3n) is 2.51. The minimum absolute atomic E-state index is 0.0630. The Balaban J connectivity index is 2.34. The number of rotatable bonds is 4. The van der Waals surface area contributed by atoms with Crippen LogP contribution in [-0.4, -0.2) is 20.5 Å². The van der Waals surface area contributed by atoms with E-state index in [9.17, 15) is 8.42 Å². The van der Waals surface area contributed by atoms with Crippen LogP contribution in [0.2, 0.25) is 0 Å². The van der Waals surface area contributed by atoms with Gasteiger partial charge in [0.05, 0.1) is 23.0 Å². The van der Waals surface area contributed by atoms with Crippen LogP contribution in [0.25, 0.3) is 0 Å². The second-order valence-electron chi connectivity index (χ2n) is 3.87. The number of nitrogens with two attached hydrogens (primary N) is 1. The summed E-state index contributed by atoms with van der Waals surface area (Å²) >= 11 is 3.29. The van der Waals surface area contributed by atoms with Gasteiger partial charge < -0.3 is 10.5 Å². The Bertz CT molecular complexity index is 734. The summed E-state index contributed by atoms with van der Waals surface area (Å²) in [6, 6.07) is 6.27. The zero-order valence-corrected chi connectivity index (χ0v) is 12.9. The molecule has 0 unspecified atom stereocenters. The molecule has 1 heterocycles. The molecule has 0 atom stereocenters. The van der Waals surface area contributed by atoms with E-state index in [0.717, 1.165) is 0 Å². The number of nitrogen functional groups attached to an aromatic ring is 1. The summed E-state index contributed by atoms with van der Waals surface area (Å²) < 4.78 is 32.6. The summed E-state index contributed by atoms with van der Waals surface area (Å²) in [7, 11) is -2.25. The molecule has 0 amide bonds. The number of ether oxygens (including phenoxy) is 1. The number of aromatic nitrogens is 1. The molecular formula is C12H12BrN3O3S. The number of halogens is 1. The van der Waals surface area contributed by atoms with Gasteiger partial charge in [0.15, 0.2) is 0 Å². The van der Waals surface area contributed by atoms with Crippen LogP contribution in [-0.2, 0) is 10.0 Å². The zero-order chi connectivity index (χ0) is 14.8. The minimum atomic E-state index is -3.78. The SMILES string of the molecule is COc1ccc(NS(=O)(=O)c2cnccc2N)cc1Br. The van der Waals surface area contributed by atoms with E-state index in [4.69, 9.17) is 10.5 Å². The Morgan fingerprint density at radius 1 is 1.35 bits per heavy atom. The van der Waals surface area contributed by atoms with Crippen molar-refractivity contribution in [3.05, 3.63) is 41.1 Å². The number of nitrogens with one attached hydrogen (secondary N) is 1. The van der Waals surface area contributed by atoms with Gasteiger partial charge in [-0.05, 0) is 40.2 Å². The van der Waals surface area contributed by atoms with Crippen molar-refractivity contribution in [3.8, 4) is 5.75 Å². The lowest BCUT2D eigenvalue weighted by Gasteiger charge is -2.11. The summed E-state index contributed by atoms with van der Waals surface area (Å²) in [6.07, 6.45) is 2.63. The second-order valence-corrected chi connectivity index (χ2v) is 6.37. The third-order valence-corrected chi connectivity index (χ3v) is 4.55. The van der Waals surface area contributed by atoms with Gasteiger partial charge in [-0.2, -0.15) is 0 Å². The van der Waals surface area contributed by atoms with Crippen LogP contribution in [0.1, 0.15) is 0 Å². The maximum absolute atomic E-state index is 12.2. The van der Waals surface area contributed by atoms with Crippen LogP contribution in [0.5, 0.6) is 5.75 Å². The average Bonchev–Trinajstić information content (AvgIpc) is 2.38. The standard InChI is InChI=1S/C12H12BrN3O3S/c1-19-11-3-2-8(6-9(11)13)16-20(17,18)12-7-15-5-4-10(12)14/h2-7,16H,1H3,(H2,14,15).